The van der Waals surface area contributed by atoms with Crippen LogP contribution in [0.4, 0.5) is 11.6 Å². The van der Waals surface area contributed by atoms with Gasteiger partial charge in [-0.2, -0.15) is 9.78 Å². The molecule has 3 heterocycles. The molecule has 0 saturated carbocycles. The van der Waals surface area contributed by atoms with E-state index in [0.29, 0.717) is 5.82 Å². The van der Waals surface area contributed by atoms with Gasteiger partial charge in [-0.1, -0.05) is 17.7 Å². The van der Waals surface area contributed by atoms with Gasteiger partial charge in [0.1, 0.15) is 11.5 Å². The van der Waals surface area contributed by atoms with Gasteiger partial charge in [-0.3, -0.25) is 0 Å². The first-order valence-corrected chi connectivity index (χ1v) is 10.7. The molecular weight excluding hydrogens is 388 g/mol. The summed E-state index contributed by atoms with van der Waals surface area (Å²) in [5, 5.41) is 13.7. The molecular formula is C23H30N8. The molecule has 0 amide bonds. The number of rotatable bonds is 5. The molecule has 0 atom stereocenters. The molecule has 8 nitrogen and oxygen atoms in total. The Bertz CT molecular complexity index is 1200. The Morgan fingerprint density at radius 1 is 0.935 bits per heavy atom. The average Bonchev–Trinajstić information content (AvgIpc) is 3.32. The summed E-state index contributed by atoms with van der Waals surface area (Å²) in [7, 11) is 1.99. The molecule has 0 radical (unpaired) electrons. The van der Waals surface area contributed by atoms with E-state index < -0.39 is 0 Å². The first-order chi connectivity index (χ1) is 14.8. The average molecular weight is 419 g/mol. The molecule has 0 bridgehead atoms. The van der Waals surface area contributed by atoms with Crippen LogP contribution in [0, 0.1) is 27.7 Å². The number of hydrogen-bond acceptors (Lipinski definition) is 6. The normalized spacial score (nSPS) is 14.3. The fourth-order valence-electron chi connectivity index (χ4n) is 4.25. The monoisotopic (exact) mass is 418 g/mol. The maximum Gasteiger partial charge on any atom is 0.205 e. The van der Waals surface area contributed by atoms with E-state index >= 15 is 0 Å². The third kappa shape index (κ3) is 3.36. The highest BCUT2D eigenvalue weighted by atomic mass is 15.5. The zero-order chi connectivity index (χ0) is 22.4. The minimum atomic E-state index is 0.663. The van der Waals surface area contributed by atoms with Gasteiger partial charge in [0.2, 0.25) is 5.82 Å². The third-order valence-electron chi connectivity index (χ3n) is 5.90. The van der Waals surface area contributed by atoms with Crippen molar-refractivity contribution in [3.8, 4) is 11.4 Å². The van der Waals surface area contributed by atoms with Gasteiger partial charge in [0.15, 0.2) is 17.5 Å². The van der Waals surface area contributed by atoms with Gasteiger partial charge < -0.3 is 9.47 Å². The number of anilines is 1. The summed E-state index contributed by atoms with van der Waals surface area (Å²) in [6.45, 7) is 16.3. The molecule has 8 heteroatoms. The van der Waals surface area contributed by atoms with Crippen molar-refractivity contribution in [2.24, 2.45) is 17.1 Å². The summed E-state index contributed by atoms with van der Waals surface area (Å²) >= 11 is 0. The van der Waals surface area contributed by atoms with Crippen molar-refractivity contribution in [2.45, 2.75) is 48.5 Å². The van der Waals surface area contributed by atoms with Crippen LogP contribution in [0.15, 0.2) is 22.2 Å². The highest BCUT2D eigenvalue weighted by Crippen LogP contribution is 2.32. The molecule has 2 aromatic heterocycles. The van der Waals surface area contributed by atoms with Crippen LogP contribution in [-0.2, 0) is 7.05 Å². The van der Waals surface area contributed by atoms with E-state index in [1.807, 2.05) is 30.1 Å². The smallest absolute Gasteiger partial charge is 0.205 e. The lowest BCUT2D eigenvalue weighted by atomic mass is 9.99. The number of imidazole rings is 1. The SMILES string of the molecule is CCN(CC)c1nc(C)n(C)c1N=C1C(C)=Nn2c1nnc2-c1c(C)cc(C)cc1C. The number of aromatic nitrogens is 5. The highest BCUT2D eigenvalue weighted by Gasteiger charge is 2.29. The van der Waals surface area contributed by atoms with E-state index in [4.69, 9.17) is 15.1 Å². The molecule has 0 aliphatic carbocycles. The van der Waals surface area contributed by atoms with Crippen molar-refractivity contribution < 1.29 is 0 Å². The van der Waals surface area contributed by atoms with Crippen molar-refractivity contribution in [3.05, 3.63) is 40.5 Å². The molecule has 1 aliphatic rings. The molecule has 1 aliphatic heterocycles. The number of hydrogen-bond donors (Lipinski definition) is 0. The Kier molecular flexibility index (Phi) is 5.24. The Morgan fingerprint density at radius 3 is 2.16 bits per heavy atom. The zero-order valence-electron chi connectivity index (χ0n) is 19.6. The van der Waals surface area contributed by atoms with Crippen LogP contribution >= 0.6 is 0 Å². The zero-order valence-corrected chi connectivity index (χ0v) is 19.6. The van der Waals surface area contributed by atoms with Crippen molar-refractivity contribution >= 4 is 23.1 Å². The van der Waals surface area contributed by atoms with Gasteiger partial charge in [0, 0.05) is 25.7 Å². The second-order valence-electron chi connectivity index (χ2n) is 8.12. The van der Waals surface area contributed by atoms with Crippen LogP contribution < -0.4 is 4.90 Å². The van der Waals surface area contributed by atoms with Crippen molar-refractivity contribution in [1.82, 2.24) is 24.4 Å². The number of benzene rings is 1. The van der Waals surface area contributed by atoms with E-state index in [1.165, 1.54) is 5.56 Å². The van der Waals surface area contributed by atoms with Crippen LogP contribution in [0.5, 0.6) is 0 Å². The summed E-state index contributed by atoms with van der Waals surface area (Å²) in [6.07, 6.45) is 0. The summed E-state index contributed by atoms with van der Waals surface area (Å²) in [5.74, 6) is 4.03. The molecule has 4 rings (SSSR count). The number of nitrogens with zero attached hydrogens (tertiary/aromatic N) is 8. The van der Waals surface area contributed by atoms with Crippen LogP contribution in [0.3, 0.4) is 0 Å². The van der Waals surface area contributed by atoms with E-state index in [1.54, 1.807) is 0 Å². The molecule has 1 aromatic carbocycles. The predicted octanol–water partition coefficient (Wildman–Crippen LogP) is 4.12. The van der Waals surface area contributed by atoms with Gasteiger partial charge in [-0.15, -0.1) is 10.2 Å². The lowest BCUT2D eigenvalue weighted by Crippen LogP contribution is -2.22. The summed E-state index contributed by atoms with van der Waals surface area (Å²) in [5.41, 5.74) is 6.18. The Balaban J connectivity index is 1.86. The molecule has 162 valence electrons. The fourth-order valence-corrected chi connectivity index (χ4v) is 4.25. The molecule has 0 spiro atoms. The number of aryl methyl sites for hydroxylation is 4. The number of aliphatic imine (C=N–C) groups is 1. The summed E-state index contributed by atoms with van der Waals surface area (Å²) < 4.78 is 3.83. The van der Waals surface area contributed by atoms with Gasteiger partial charge in [0.05, 0.1) is 5.71 Å². The maximum absolute atomic E-state index is 5.00. The standard InChI is InChI=1S/C23H30N8/c1-9-30(10-2)23-22(29(8)17(7)24-23)25-19-16(6)28-31-20(26-27-21(19)31)18-14(4)11-13(3)12-15(18)5/h11-12H,9-10H2,1-8H3. The molecule has 3 aromatic rings. The van der Waals surface area contributed by atoms with Gasteiger partial charge in [-0.25, -0.2) is 9.98 Å². The summed E-state index contributed by atoms with van der Waals surface area (Å²) in [6, 6.07) is 4.33. The van der Waals surface area contributed by atoms with E-state index in [0.717, 1.165) is 64.5 Å². The van der Waals surface area contributed by atoms with Gasteiger partial charge in [-0.05, 0) is 59.6 Å². The first-order valence-electron chi connectivity index (χ1n) is 10.7. The van der Waals surface area contributed by atoms with Gasteiger partial charge in [0.25, 0.3) is 0 Å². The number of fused-ring (bicyclic) bond motifs is 1. The van der Waals surface area contributed by atoms with Crippen molar-refractivity contribution in [2.75, 3.05) is 18.0 Å². The van der Waals surface area contributed by atoms with Crippen molar-refractivity contribution in [3.63, 3.8) is 0 Å². The third-order valence-corrected chi connectivity index (χ3v) is 5.90. The highest BCUT2D eigenvalue weighted by molar-refractivity contribution is 6.48. The quantitative estimate of drug-likeness (QED) is 0.625. The largest absolute Gasteiger partial charge is 0.354 e. The fraction of sp³-hybridized carbons (Fsp3) is 0.435. The van der Waals surface area contributed by atoms with Crippen LogP contribution in [0.25, 0.3) is 11.4 Å². The molecule has 0 unspecified atom stereocenters. The van der Waals surface area contributed by atoms with E-state index in [-0.39, 0.29) is 0 Å². The second-order valence-corrected chi connectivity index (χ2v) is 8.12. The predicted molar refractivity (Wildman–Crippen MR) is 126 cm³/mol. The maximum atomic E-state index is 5.00. The van der Waals surface area contributed by atoms with Crippen LogP contribution in [0.2, 0.25) is 0 Å². The minimum absolute atomic E-state index is 0.663. The Labute approximate surface area is 183 Å². The summed E-state index contributed by atoms with van der Waals surface area (Å²) in [4.78, 5) is 12.0. The van der Waals surface area contributed by atoms with E-state index in [2.05, 4.69) is 61.8 Å². The first kappa shape index (κ1) is 21.0. The lowest BCUT2D eigenvalue weighted by Gasteiger charge is -2.18. The topological polar surface area (TPSA) is 76.5 Å². The van der Waals surface area contributed by atoms with Crippen LogP contribution in [-0.4, -0.2) is 48.9 Å². The van der Waals surface area contributed by atoms with Crippen molar-refractivity contribution in [1.29, 1.82) is 0 Å². The lowest BCUT2D eigenvalue weighted by molar-refractivity contribution is 0.849. The Morgan fingerprint density at radius 2 is 1.55 bits per heavy atom. The van der Waals surface area contributed by atoms with Gasteiger partial charge >= 0.3 is 0 Å². The second kappa shape index (κ2) is 7.76. The van der Waals surface area contributed by atoms with Crippen LogP contribution in [0.1, 0.15) is 49.1 Å². The Hall–Kier alpha value is -3.29. The molecule has 0 saturated heterocycles. The minimum Gasteiger partial charge on any atom is -0.354 e. The van der Waals surface area contributed by atoms with E-state index in [9.17, 15) is 0 Å². The molecule has 31 heavy (non-hydrogen) atoms. The molecule has 0 fully saturated rings. The molecule has 0 N–H and O–H groups in total.